The number of rotatable bonds is 4. The van der Waals surface area contributed by atoms with Gasteiger partial charge in [0.1, 0.15) is 0 Å². The van der Waals surface area contributed by atoms with Crippen LogP contribution in [0.4, 0.5) is 0 Å². The van der Waals surface area contributed by atoms with Crippen molar-refractivity contribution < 1.29 is 8.42 Å². The van der Waals surface area contributed by atoms with Crippen molar-refractivity contribution in [1.82, 2.24) is 9.82 Å². The number of hydrogen-bond acceptors (Lipinski definition) is 3. The van der Waals surface area contributed by atoms with E-state index in [1.54, 1.807) is 36.5 Å². The summed E-state index contributed by atoms with van der Waals surface area (Å²) in [6, 6.07) is 11.7. The van der Waals surface area contributed by atoms with Crippen molar-refractivity contribution in [1.29, 1.82) is 0 Å². The van der Waals surface area contributed by atoms with E-state index in [-0.39, 0.29) is 4.90 Å². The summed E-state index contributed by atoms with van der Waals surface area (Å²) in [4.78, 5) is 5.20. The van der Waals surface area contributed by atoms with E-state index >= 15 is 0 Å². The van der Waals surface area contributed by atoms with Gasteiger partial charge >= 0.3 is 0 Å². The van der Waals surface area contributed by atoms with Crippen molar-refractivity contribution in [2.45, 2.75) is 4.90 Å². The van der Waals surface area contributed by atoms with Crippen LogP contribution in [-0.2, 0) is 10.0 Å². The van der Waals surface area contributed by atoms with Crippen molar-refractivity contribution in [2.24, 2.45) is 5.10 Å². The quantitative estimate of drug-likeness (QED) is 0.633. The van der Waals surface area contributed by atoms with Gasteiger partial charge < -0.3 is 4.98 Å². The minimum absolute atomic E-state index is 0.184. The predicted molar refractivity (Wildman–Crippen MR) is 65.2 cm³/mol. The van der Waals surface area contributed by atoms with E-state index in [0.717, 1.165) is 5.69 Å². The van der Waals surface area contributed by atoms with Gasteiger partial charge in [0.15, 0.2) is 0 Å². The van der Waals surface area contributed by atoms with E-state index in [2.05, 4.69) is 14.9 Å². The lowest BCUT2D eigenvalue weighted by atomic mass is 10.4. The number of aromatic amines is 1. The summed E-state index contributed by atoms with van der Waals surface area (Å²) in [5.41, 5.74) is 0.723. The lowest BCUT2D eigenvalue weighted by Crippen LogP contribution is -2.18. The topological polar surface area (TPSA) is 74.3 Å². The smallest absolute Gasteiger partial charge is 0.276 e. The molecule has 0 spiro atoms. The zero-order chi connectivity index (χ0) is 12.1. The summed E-state index contributed by atoms with van der Waals surface area (Å²) in [5, 5.41) is 3.67. The van der Waals surface area contributed by atoms with E-state index in [1.165, 1.54) is 18.3 Å². The number of nitrogens with one attached hydrogen (secondary N) is 2. The molecule has 0 aliphatic carbocycles. The minimum atomic E-state index is -3.58. The Bertz CT molecular complexity index is 589. The van der Waals surface area contributed by atoms with Gasteiger partial charge in [0, 0.05) is 6.20 Å². The number of aromatic nitrogens is 1. The maximum Gasteiger partial charge on any atom is 0.276 e. The van der Waals surface area contributed by atoms with E-state index in [1.807, 2.05) is 0 Å². The van der Waals surface area contributed by atoms with Gasteiger partial charge in [-0.25, -0.2) is 4.83 Å². The van der Waals surface area contributed by atoms with Gasteiger partial charge in [-0.2, -0.15) is 13.5 Å². The second-order valence-electron chi connectivity index (χ2n) is 3.29. The molecular weight excluding hydrogens is 238 g/mol. The summed E-state index contributed by atoms with van der Waals surface area (Å²) in [5.74, 6) is 0. The zero-order valence-electron chi connectivity index (χ0n) is 8.87. The molecule has 0 atom stereocenters. The molecule has 0 bridgehead atoms. The first-order chi connectivity index (χ1) is 8.18. The Labute approximate surface area is 99.2 Å². The van der Waals surface area contributed by atoms with Crippen LogP contribution >= 0.6 is 0 Å². The maximum absolute atomic E-state index is 11.7. The third kappa shape index (κ3) is 2.94. The molecule has 1 aromatic heterocycles. The lowest BCUT2D eigenvalue weighted by molar-refractivity contribution is 0.584. The van der Waals surface area contributed by atoms with E-state index in [0.29, 0.717) is 0 Å². The fourth-order valence-electron chi connectivity index (χ4n) is 1.24. The third-order valence-corrected chi connectivity index (χ3v) is 3.29. The van der Waals surface area contributed by atoms with Crippen molar-refractivity contribution in [2.75, 3.05) is 0 Å². The molecule has 0 amide bonds. The fourth-order valence-corrected chi connectivity index (χ4v) is 2.05. The largest absolute Gasteiger partial charge is 0.360 e. The van der Waals surface area contributed by atoms with Crippen molar-refractivity contribution >= 4 is 16.2 Å². The molecule has 2 rings (SSSR count). The van der Waals surface area contributed by atoms with Crippen LogP contribution in [0.1, 0.15) is 5.69 Å². The van der Waals surface area contributed by atoms with Crippen LogP contribution in [0, 0.1) is 0 Å². The molecule has 17 heavy (non-hydrogen) atoms. The molecule has 5 nitrogen and oxygen atoms in total. The minimum Gasteiger partial charge on any atom is -0.360 e. The van der Waals surface area contributed by atoms with Gasteiger partial charge in [-0.15, -0.1) is 0 Å². The first kappa shape index (κ1) is 11.4. The first-order valence-electron chi connectivity index (χ1n) is 4.92. The molecule has 2 N–H and O–H groups in total. The average Bonchev–Trinajstić information content (AvgIpc) is 2.83. The average molecular weight is 249 g/mol. The van der Waals surface area contributed by atoms with Gasteiger partial charge in [0.25, 0.3) is 10.0 Å². The summed E-state index contributed by atoms with van der Waals surface area (Å²) < 4.78 is 23.5. The molecule has 0 aliphatic heterocycles. The lowest BCUT2D eigenvalue weighted by Gasteiger charge is -2.01. The monoisotopic (exact) mass is 249 g/mol. The molecule has 6 heteroatoms. The number of sulfonamides is 1. The van der Waals surface area contributed by atoms with Crippen LogP contribution in [0.3, 0.4) is 0 Å². The highest BCUT2D eigenvalue weighted by molar-refractivity contribution is 7.89. The van der Waals surface area contributed by atoms with Crippen LogP contribution in [-0.4, -0.2) is 19.6 Å². The van der Waals surface area contributed by atoms with Gasteiger partial charge in [0.2, 0.25) is 0 Å². The molecule has 0 fully saturated rings. The third-order valence-electron chi connectivity index (χ3n) is 2.05. The Balaban J connectivity index is 2.09. The van der Waals surface area contributed by atoms with E-state index < -0.39 is 10.0 Å². The summed E-state index contributed by atoms with van der Waals surface area (Å²) in [6.45, 7) is 0. The van der Waals surface area contributed by atoms with Crippen LogP contribution in [0.2, 0.25) is 0 Å². The second kappa shape index (κ2) is 4.84. The van der Waals surface area contributed by atoms with Gasteiger partial charge in [-0.3, -0.25) is 0 Å². The van der Waals surface area contributed by atoms with Crippen molar-refractivity contribution in [3.05, 3.63) is 54.4 Å². The Hall–Kier alpha value is -2.08. The highest BCUT2D eigenvalue weighted by Crippen LogP contribution is 2.06. The standard InChI is InChI=1S/C11H11N3O2S/c15-17(16,11-6-2-1-3-7-11)14-13-9-10-5-4-8-12-10/h1-9,12,14H/b13-9+. The van der Waals surface area contributed by atoms with E-state index in [9.17, 15) is 8.42 Å². The van der Waals surface area contributed by atoms with Gasteiger partial charge in [-0.1, -0.05) is 18.2 Å². The van der Waals surface area contributed by atoms with Crippen LogP contribution in [0.15, 0.2) is 58.7 Å². The van der Waals surface area contributed by atoms with Gasteiger partial charge in [-0.05, 0) is 24.3 Å². The van der Waals surface area contributed by atoms with Crippen LogP contribution in [0.25, 0.3) is 0 Å². The summed E-state index contributed by atoms with van der Waals surface area (Å²) >= 11 is 0. The Morgan fingerprint density at radius 3 is 2.53 bits per heavy atom. The molecule has 0 saturated carbocycles. The summed E-state index contributed by atoms with van der Waals surface area (Å²) in [6.07, 6.45) is 3.13. The Morgan fingerprint density at radius 1 is 1.12 bits per heavy atom. The van der Waals surface area contributed by atoms with E-state index in [4.69, 9.17) is 0 Å². The van der Waals surface area contributed by atoms with Crippen LogP contribution < -0.4 is 4.83 Å². The normalized spacial score (nSPS) is 11.8. The number of H-pyrrole nitrogens is 1. The number of hydrogen-bond donors (Lipinski definition) is 2. The first-order valence-corrected chi connectivity index (χ1v) is 6.40. The fraction of sp³-hybridized carbons (Fsp3) is 0. The molecule has 0 aliphatic rings. The Kier molecular flexibility index (Phi) is 3.24. The number of nitrogens with zero attached hydrogens (tertiary/aromatic N) is 1. The SMILES string of the molecule is O=S(=O)(N/N=C/c1ccc[nH]1)c1ccccc1. The molecule has 1 aromatic carbocycles. The molecule has 2 aromatic rings. The molecule has 1 heterocycles. The molecular formula is C11H11N3O2S. The number of hydrazone groups is 1. The zero-order valence-corrected chi connectivity index (χ0v) is 9.68. The predicted octanol–water partition coefficient (Wildman–Crippen LogP) is 1.33. The van der Waals surface area contributed by atoms with Crippen LogP contribution in [0.5, 0.6) is 0 Å². The molecule has 0 unspecified atom stereocenters. The van der Waals surface area contributed by atoms with Crippen molar-refractivity contribution in [3.63, 3.8) is 0 Å². The highest BCUT2D eigenvalue weighted by atomic mass is 32.2. The Morgan fingerprint density at radius 2 is 1.88 bits per heavy atom. The van der Waals surface area contributed by atoms with Gasteiger partial charge in [0.05, 0.1) is 16.8 Å². The highest BCUT2D eigenvalue weighted by Gasteiger charge is 2.10. The van der Waals surface area contributed by atoms with Crippen molar-refractivity contribution in [3.8, 4) is 0 Å². The molecule has 0 radical (unpaired) electrons. The second-order valence-corrected chi connectivity index (χ2v) is 4.95. The molecule has 88 valence electrons. The molecule has 0 saturated heterocycles. The number of benzene rings is 1. The summed E-state index contributed by atoms with van der Waals surface area (Å²) in [7, 11) is -3.58. The maximum atomic E-state index is 11.7.